The van der Waals surface area contributed by atoms with Gasteiger partial charge in [0.05, 0.1) is 0 Å². The molecule has 3 nitrogen and oxygen atoms in total. The van der Waals surface area contributed by atoms with Gasteiger partial charge in [-0.05, 0) is 26.3 Å². The molecule has 0 aliphatic rings. The Labute approximate surface area is 55.9 Å². The van der Waals surface area contributed by atoms with Crippen LogP contribution < -0.4 is 5.73 Å². The minimum Gasteiger partial charge on any atom is -0.396 e. The molecule has 0 aromatic carbocycles. The fraction of sp³-hybridized carbons (Fsp3) is 0.833. The van der Waals surface area contributed by atoms with Crippen LogP contribution in [0.2, 0.25) is 0 Å². The number of hydrogen-bond acceptors (Lipinski definition) is 3. The van der Waals surface area contributed by atoms with Gasteiger partial charge in [0.25, 0.3) is 0 Å². The Balaban J connectivity index is 2.86. The van der Waals surface area contributed by atoms with Crippen LogP contribution in [0.1, 0.15) is 19.8 Å². The largest absolute Gasteiger partial charge is 0.396 e. The molecule has 0 aromatic heterocycles. The Kier molecular flexibility index (Phi) is 6.96. The number of nitrogens with two attached hydrogens (primary N) is 1. The fourth-order valence-electron chi connectivity index (χ4n) is 0.389. The Hall–Kier alpha value is -0.570. The Morgan fingerprint density at radius 2 is 2.44 bits per heavy atom. The quantitative estimate of drug-likeness (QED) is 0.339. The second kappa shape index (κ2) is 7.43. The van der Waals surface area contributed by atoms with Crippen LogP contribution in [-0.2, 0) is 4.84 Å². The molecule has 0 fully saturated rings. The molecule has 54 valence electrons. The van der Waals surface area contributed by atoms with Crippen molar-refractivity contribution in [2.24, 2.45) is 10.9 Å². The molecule has 0 aliphatic carbocycles. The van der Waals surface area contributed by atoms with Gasteiger partial charge in [0.15, 0.2) is 0 Å². The fourth-order valence-corrected chi connectivity index (χ4v) is 0.389. The number of unbranched alkanes of at least 4 members (excludes halogenated alkanes) is 1. The third kappa shape index (κ3) is 7.43. The molecule has 0 rings (SSSR count). The summed E-state index contributed by atoms with van der Waals surface area (Å²) in [5, 5.41) is 3.65. The van der Waals surface area contributed by atoms with Crippen LogP contribution in [0.3, 0.4) is 0 Å². The molecule has 0 unspecified atom stereocenters. The molecule has 0 aliphatic heterocycles. The van der Waals surface area contributed by atoms with E-state index in [0.717, 1.165) is 19.4 Å². The minimum absolute atomic E-state index is 0.638. The Morgan fingerprint density at radius 1 is 1.67 bits per heavy atom. The zero-order chi connectivity index (χ0) is 6.95. The van der Waals surface area contributed by atoms with E-state index in [4.69, 9.17) is 10.6 Å². The predicted molar refractivity (Wildman–Crippen MR) is 38.4 cm³/mol. The molecule has 0 heterocycles. The maximum Gasteiger partial charge on any atom is 0.114 e. The maximum absolute atomic E-state index is 5.24. The second-order valence-electron chi connectivity index (χ2n) is 1.64. The highest BCUT2D eigenvalue weighted by molar-refractivity contribution is 5.56. The van der Waals surface area contributed by atoms with Crippen molar-refractivity contribution in [3.05, 3.63) is 0 Å². The molecule has 9 heavy (non-hydrogen) atoms. The van der Waals surface area contributed by atoms with Gasteiger partial charge >= 0.3 is 0 Å². The summed E-state index contributed by atoms with van der Waals surface area (Å²) in [4.78, 5) is 4.71. The predicted octanol–water partition coefficient (Wildman–Crippen LogP) is 0.748. The Bertz CT molecular complexity index is 73.5. The normalized spacial score (nSPS) is 10.4. The first-order valence-electron chi connectivity index (χ1n) is 3.25. The standard InChI is InChI=1S/C6H14N2O/c1-2-9-8-6-4-3-5-7/h6H,2-5,7H2,1H3/b8-6-. The Morgan fingerprint density at radius 3 is 3.00 bits per heavy atom. The van der Waals surface area contributed by atoms with Crippen molar-refractivity contribution in [3.63, 3.8) is 0 Å². The number of nitrogens with zero attached hydrogens (tertiary/aromatic N) is 1. The van der Waals surface area contributed by atoms with Crippen LogP contribution in [0.5, 0.6) is 0 Å². The summed E-state index contributed by atoms with van der Waals surface area (Å²) in [6.45, 7) is 3.26. The van der Waals surface area contributed by atoms with Crippen molar-refractivity contribution in [1.82, 2.24) is 0 Å². The smallest absolute Gasteiger partial charge is 0.114 e. The third-order valence-electron chi connectivity index (χ3n) is 0.816. The lowest BCUT2D eigenvalue weighted by molar-refractivity contribution is 0.160. The van der Waals surface area contributed by atoms with E-state index >= 15 is 0 Å². The summed E-state index contributed by atoms with van der Waals surface area (Å²) >= 11 is 0. The number of oxime groups is 1. The van der Waals surface area contributed by atoms with Gasteiger partial charge in [0, 0.05) is 6.21 Å². The van der Waals surface area contributed by atoms with Gasteiger partial charge in [-0.2, -0.15) is 0 Å². The molecule has 0 aromatic rings. The highest BCUT2D eigenvalue weighted by Crippen LogP contribution is 1.81. The van der Waals surface area contributed by atoms with E-state index in [2.05, 4.69) is 5.16 Å². The first-order chi connectivity index (χ1) is 4.41. The van der Waals surface area contributed by atoms with E-state index < -0.39 is 0 Å². The molecule has 2 N–H and O–H groups in total. The van der Waals surface area contributed by atoms with Gasteiger partial charge < -0.3 is 10.6 Å². The van der Waals surface area contributed by atoms with E-state index in [1.165, 1.54) is 0 Å². The van der Waals surface area contributed by atoms with E-state index in [-0.39, 0.29) is 0 Å². The van der Waals surface area contributed by atoms with E-state index in [0.29, 0.717) is 6.61 Å². The minimum atomic E-state index is 0.638. The van der Waals surface area contributed by atoms with Crippen molar-refractivity contribution >= 4 is 6.21 Å². The first kappa shape index (κ1) is 8.43. The van der Waals surface area contributed by atoms with E-state index in [9.17, 15) is 0 Å². The van der Waals surface area contributed by atoms with Gasteiger partial charge in [-0.15, -0.1) is 0 Å². The van der Waals surface area contributed by atoms with Crippen LogP contribution in [0, 0.1) is 0 Å². The summed E-state index contributed by atoms with van der Waals surface area (Å²) in [7, 11) is 0. The van der Waals surface area contributed by atoms with Crippen molar-refractivity contribution in [3.8, 4) is 0 Å². The molecule has 0 spiro atoms. The van der Waals surface area contributed by atoms with Gasteiger partial charge in [-0.1, -0.05) is 5.16 Å². The maximum atomic E-state index is 5.24. The molecule has 3 heteroatoms. The molecule has 0 saturated carbocycles. The van der Waals surface area contributed by atoms with Crippen molar-refractivity contribution in [1.29, 1.82) is 0 Å². The van der Waals surface area contributed by atoms with Crippen LogP contribution >= 0.6 is 0 Å². The molecule has 0 atom stereocenters. The lowest BCUT2D eigenvalue weighted by Crippen LogP contribution is -1.97. The van der Waals surface area contributed by atoms with Crippen LogP contribution in [0.15, 0.2) is 5.16 Å². The van der Waals surface area contributed by atoms with Crippen molar-refractivity contribution in [2.45, 2.75) is 19.8 Å². The SMILES string of the molecule is CCO/N=C\CCCN. The van der Waals surface area contributed by atoms with Crippen LogP contribution in [0.4, 0.5) is 0 Å². The van der Waals surface area contributed by atoms with Crippen molar-refractivity contribution < 1.29 is 4.84 Å². The molecule has 0 bridgehead atoms. The zero-order valence-electron chi connectivity index (χ0n) is 5.84. The van der Waals surface area contributed by atoms with Gasteiger partial charge in [0.2, 0.25) is 0 Å². The summed E-state index contributed by atoms with van der Waals surface area (Å²) in [5.74, 6) is 0. The van der Waals surface area contributed by atoms with Crippen molar-refractivity contribution in [2.75, 3.05) is 13.2 Å². The summed E-state index contributed by atoms with van der Waals surface area (Å²) < 4.78 is 0. The topological polar surface area (TPSA) is 47.6 Å². The summed E-state index contributed by atoms with van der Waals surface area (Å²) in [6, 6.07) is 0. The molecule has 0 saturated heterocycles. The average molecular weight is 130 g/mol. The second-order valence-corrected chi connectivity index (χ2v) is 1.64. The lowest BCUT2D eigenvalue weighted by Gasteiger charge is -1.89. The average Bonchev–Trinajstić information content (AvgIpc) is 1.89. The zero-order valence-corrected chi connectivity index (χ0v) is 5.84. The highest BCUT2D eigenvalue weighted by atomic mass is 16.6. The monoisotopic (exact) mass is 130 g/mol. The highest BCUT2D eigenvalue weighted by Gasteiger charge is 1.77. The van der Waals surface area contributed by atoms with Gasteiger partial charge in [-0.3, -0.25) is 0 Å². The molecular formula is C6H14N2O. The summed E-state index contributed by atoms with van der Waals surface area (Å²) in [5.41, 5.74) is 5.24. The number of rotatable bonds is 5. The van der Waals surface area contributed by atoms with Crippen LogP contribution in [0.25, 0.3) is 0 Å². The van der Waals surface area contributed by atoms with Crippen LogP contribution in [-0.4, -0.2) is 19.4 Å². The van der Waals surface area contributed by atoms with Gasteiger partial charge in [0.1, 0.15) is 6.61 Å². The molecule has 0 amide bonds. The number of hydrogen-bond donors (Lipinski definition) is 1. The molecule has 0 radical (unpaired) electrons. The summed E-state index contributed by atoms with van der Waals surface area (Å²) in [6.07, 6.45) is 3.64. The lowest BCUT2D eigenvalue weighted by atomic mass is 10.3. The van der Waals surface area contributed by atoms with Gasteiger partial charge in [-0.25, -0.2) is 0 Å². The first-order valence-corrected chi connectivity index (χ1v) is 3.25. The van der Waals surface area contributed by atoms with E-state index in [1.807, 2.05) is 6.92 Å². The third-order valence-corrected chi connectivity index (χ3v) is 0.816. The van der Waals surface area contributed by atoms with E-state index in [1.54, 1.807) is 6.21 Å². The molecular weight excluding hydrogens is 116 g/mol.